The third-order valence-electron chi connectivity index (χ3n) is 11.7. The van der Waals surface area contributed by atoms with E-state index in [-0.39, 0.29) is 74.8 Å². The number of piperazine rings is 1. The first-order valence-corrected chi connectivity index (χ1v) is 21.3. The van der Waals surface area contributed by atoms with Gasteiger partial charge in [0.25, 0.3) is 6.33 Å². The van der Waals surface area contributed by atoms with Crippen LogP contribution in [0.15, 0.2) is 90.5 Å². The molecule has 0 radical (unpaired) electrons. The Labute approximate surface area is 392 Å². The van der Waals surface area contributed by atoms with E-state index in [4.69, 9.17) is 29.8 Å². The maximum Gasteiger partial charge on any atom is 0.511 e. The molecule has 0 amide bonds. The average Bonchev–Trinajstić information content (AvgIpc) is 4.02. The minimum atomic E-state index is -1.22. The summed E-state index contributed by atoms with van der Waals surface area (Å²) in [6, 6.07) is 17.5. The third kappa shape index (κ3) is 12.0. The molecule has 18 nitrogen and oxygen atoms in total. The van der Waals surface area contributed by atoms with Crippen molar-refractivity contribution in [3.8, 4) is 11.4 Å². The Kier molecular flexibility index (Phi) is 17.5. The zero-order valence-electron chi connectivity index (χ0n) is 36.7. The van der Waals surface area contributed by atoms with Crippen LogP contribution in [0.5, 0.6) is 5.75 Å². The molecule has 2 aliphatic heterocycles. The van der Waals surface area contributed by atoms with Gasteiger partial charge < -0.3 is 57.1 Å². The molecule has 1 unspecified atom stereocenters. The van der Waals surface area contributed by atoms with Crippen LogP contribution in [0.3, 0.4) is 0 Å². The molecule has 0 spiro atoms. The number of nitrogens with two attached hydrogens (primary N) is 1. The lowest BCUT2D eigenvalue weighted by Crippen LogP contribution is -3.00. The number of rotatable bonds is 18. The van der Waals surface area contributed by atoms with Gasteiger partial charge in [-0.1, -0.05) is 13.0 Å². The van der Waals surface area contributed by atoms with Crippen molar-refractivity contribution in [2.24, 2.45) is 11.7 Å². The van der Waals surface area contributed by atoms with Crippen molar-refractivity contribution in [1.29, 1.82) is 0 Å². The number of hydrogen-bond donors (Lipinski definition) is 3. The molecular formula is C44H55Cl2F2N9O9. The highest BCUT2D eigenvalue weighted by Crippen LogP contribution is 2.42. The van der Waals surface area contributed by atoms with Gasteiger partial charge in [-0.3, -0.25) is 4.79 Å². The summed E-state index contributed by atoms with van der Waals surface area (Å²) in [5.41, 5.74) is 6.91. The molecule has 3 aromatic carbocycles. The van der Waals surface area contributed by atoms with Crippen molar-refractivity contribution in [2.75, 3.05) is 55.8 Å². The SMILES string of the molecule is CC[C@@H]([C@H](C)O)n1ncn(-c2ccc(N3CCN(c4ccc(OC[C@@H]5CO[C@@](Cn6c[n+](C(C)OC(=O)OCC[C@@H](N)C(=O)O)cn6)(c6ccc(F)cc6F)C5)cc4)CC3)cc2)c1=O.Cl.[Cl-]. The van der Waals surface area contributed by atoms with E-state index in [1.807, 2.05) is 55.5 Å². The Morgan fingerprint density at radius 3 is 2.23 bits per heavy atom. The van der Waals surface area contributed by atoms with E-state index < -0.39 is 53.8 Å². The number of hydrogen-bond acceptors (Lipinski definition) is 13. The number of aliphatic hydroxyl groups is 1. The number of nitrogens with zero attached hydrogens (tertiary/aromatic N) is 8. The largest absolute Gasteiger partial charge is 1.00 e. The monoisotopic (exact) mass is 961 g/mol. The number of carbonyl (C=O) groups excluding carboxylic acids is 1. The summed E-state index contributed by atoms with van der Waals surface area (Å²) < 4.78 is 58.1. The number of carboxylic acids is 1. The van der Waals surface area contributed by atoms with Crippen LogP contribution in [0.4, 0.5) is 25.0 Å². The molecule has 22 heteroatoms. The first-order valence-electron chi connectivity index (χ1n) is 21.3. The second kappa shape index (κ2) is 22.6. The predicted octanol–water partition coefficient (Wildman–Crippen LogP) is 1.37. The van der Waals surface area contributed by atoms with Crippen molar-refractivity contribution >= 4 is 35.9 Å². The Balaban J connectivity index is 0.00000408. The van der Waals surface area contributed by atoms with E-state index in [1.165, 1.54) is 43.3 Å². The summed E-state index contributed by atoms with van der Waals surface area (Å²) in [6.07, 6.45) is 2.71. The highest BCUT2D eigenvalue weighted by atomic mass is 35.5. The summed E-state index contributed by atoms with van der Waals surface area (Å²) in [7, 11) is 0. The van der Waals surface area contributed by atoms with Crippen LogP contribution >= 0.6 is 12.4 Å². The normalized spacial score (nSPS) is 18.9. The van der Waals surface area contributed by atoms with Gasteiger partial charge in [0.2, 0.25) is 12.6 Å². The van der Waals surface area contributed by atoms with Crippen LogP contribution in [0.1, 0.15) is 57.9 Å². The lowest BCUT2D eigenvalue weighted by molar-refractivity contribution is -0.754. The summed E-state index contributed by atoms with van der Waals surface area (Å²) in [4.78, 5) is 40.8. The second-order valence-corrected chi connectivity index (χ2v) is 16.2. The highest BCUT2D eigenvalue weighted by molar-refractivity contribution is 5.85. The molecule has 0 saturated carbocycles. The van der Waals surface area contributed by atoms with Crippen molar-refractivity contribution in [3.63, 3.8) is 0 Å². The fourth-order valence-corrected chi connectivity index (χ4v) is 8.16. The molecule has 0 bridgehead atoms. The Bertz CT molecular complexity index is 2430. The topological polar surface area (TPSA) is 206 Å². The molecule has 2 aliphatic rings. The van der Waals surface area contributed by atoms with Gasteiger partial charge in [-0.25, -0.2) is 27.6 Å². The van der Waals surface area contributed by atoms with E-state index in [1.54, 1.807) is 20.2 Å². The smallest absolute Gasteiger partial charge is 0.511 e. The zero-order chi connectivity index (χ0) is 45.5. The standard InChI is InChI=1S/C44H53F2N9O9.2ClH/c1-4-40(29(2)56)55-42(59)54(27-49-55)35-8-6-33(7-9-35)50-16-18-51(19-17-50)34-10-12-36(13-11-34)62-23-31-22-44(63-24-31,37-14-5-32(45)21-38(37)46)25-53-28-52(26-48-53)30(3)64-43(60)61-20-15-39(47)41(57)58;;/h5-14,21,26-31,39-40,56H,4,15-20,22-25,47H2,1-3H3;2*1H/t29-,30?,31+,39+,40-,44-;;/m0../s1. The summed E-state index contributed by atoms with van der Waals surface area (Å²) in [5.74, 6) is -2.17. The van der Waals surface area contributed by atoms with Crippen LogP contribution in [-0.2, 0) is 31.2 Å². The Morgan fingerprint density at radius 1 is 0.985 bits per heavy atom. The molecule has 358 valence electrons. The zero-order valence-corrected chi connectivity index (χ0v) is 38.3. The third-order valence-corrected chi connectivity index (χ3v) is 11.7. The summed E-state index contributed by atoms with van der Waals surface area (Å²) in [5, 5.41) is 27.6. The maximum atomic E-state index is 15.4. The number of ether oxygens (including phenoxy) is 4. The molecule has 5 aromatic rings. The molecule has 2 fully saturated rings. The highest BCUT2D eigenvalue weighted by Gasteiger charge is 2.46. The molecule has 0 aliphatic carbocycles. The number of carbonyl (C=O) groups is 2. The lowest BCUT2D eigenvalue weighted by atomic mass is 9.87. The fraction of sp³-hybridized carbons (Fsp3) is 0.455. The molecule has 66 heavy (non-hydrogen) atoms. The number of halogens is 4. The number of benzene rings is 3. The number of aliphatic hydroxyl groups excluding tert-OH is 1. The quantitative estimate of drug-likeness (QED) is 0.0839. The fourth-order valence-electron chi connectivity index (χ4n) is 8.16. The van der Waals surface area contributed by atoms with Crippen LogP contribution in [0, 0.1) is 17.6 Å². The maximum absolute atomic E-state index is 15.4. The van der Waals surface area contributed by atoms with Crippen molar-refractivity contribution in [1.82, 2.24) is 24.1 Å². The van der Waals surface area contributed by atoms with Crippen molar-refractivity contribution in [2.45, 2.75) is 76.6 Å². The Hall–Kier alpha value is -5.80. The first-order chi connectivity index (χ1) is 30.7. The van der Waals surface area contributed by atoms with Gasteiger partial charge in [-0.05, 0) is 74.4 Å². The van der Waals surface area contributed by atoms with Gasteiger partial charge in [-0.15, -0.1) is 17.1 Å². The van der Waals surface area contributed by atoms with E-state index in [2.05, 4.69) is 20.0 Å². The van der Waals surface area contributed by atoms with Crippen LogP contribution in [0.2, 0.25) is 0 Å². The average molecular weight is 963 g/mol. The molecule has 2 aromatic heterocycles. The molecule has 7 rings (SSSR count). The van der Waals surface area contributed by atoms with Crippen LogP contribution in [-0.4, -0.2) is 105 Å². The Morgan fingerprint density at radius 2 is 1.62 bits per heavy atom. The molecule has 2 saturated heterocycles. The number of aliphatic carboxylic acids is 1. The lowest BCUT2D eigenvalue weighted by Gasteiger charge is -2.37. The number of anilines is 2. The van der Waals surface area contributed by atoms with E-state index >= 15 is 4.39 Å². The number of aromatic nitrogens is 6. The second-order valence-electron chi connectivity index (χ2n) is 16.2. The number of carboxylic acid groups (broad SMARTS) is 1. The predicted molar refractivity (Wildman–Crippen MR) is 234 cm³/mol. The van der Waals surface area contributed by atoms with Gasteiger partial charge in [0.15, 0.2) is 0 Å². The van der Waals surface area contributed by atoms with E-state index in [0.717, 1.165) is 43.6 Å². The minimum absolute atomic E-state index is 0. The van der Waals surface area contributed by atoms with Gasteiger partial charge in [0.1, 0.15) is 41.9 Å². The van der Waals surface area contributed by atoms with Gasteiger partial charge in [0.05, 0.1) is 37.7 Å². The van der Waals surface area contributed by atoms with E-state index in [0.29, 0.717) is 24.3 Å². The van der Waals surface area contributed by atoms with Gasteiger partial charge in [-0.2, -0.15) is 9.67 Å². The summed E-state index contributed by atoms with van der Waals surface area (Å²) in [6.45, 7) is 8.67. The van der Waals surface area contributed by atoms with Gasteiger partial charge in [0, 0.05) is 73.5 Å². The first kappa shape index (κ1) is 51.2. The van der Waals surface area contributed by atoms with Gasteiger partial charge >= 0.3 is 17.8 Å². The van der Waals surface area contributed by atoms with Crippen molar-refractivity contribution in [3.05, 3.63) is 113 Å². The van der Waals surface area contributed by atoms with Crippen molar-refractivity contribution < 1.29 is 64.5 Å². The van der Waals surface area contributed by atoms with Crippen LogP contribution < -0.4 is 42.9 Å². The van der Waals surface area contributed by atoms with E-state index in [9.17, 15) is 23.9 Å². The molecule has 4 heterocycles. The molecule has 6 atom stereocenters. The van der Waals surface area contributed by atoms with Crippen LogP contribution in [0.25, 0.3) is 5.69 Å². The minimum Gasteiger partial charge on any atom is -1.00 e. The summed E-state index contributed by atoms with van der Waals surface area (Å²) >= 11 is 0. The molecule has 4 N–H and O–H groups in total. The molecular weight excluding hydrogens is 907 g/mol.